The predicted octanol–water partition coefficient (Wildman–Crippen LogP) is 0.808. The molecule has 0 aromatic rings. The van der Waals surface area contributed by atoms with E-state index >= 15 is 0 Å². The van der Waals surface area contributed by atoms with Gasteiger partial charge in [0.05, 0.1) is 0 Å². The lowest BCUT2D eigenvalue weighted by Crippen LogP contribution is -2.77. The Morgan fingerprint density at radius 3 is 2.46 bits per heavy atom. The normalized spacial score (nSPS) is 59.2. The summed E-state index contributed by atoms with van der Waals surface area (Å²) in [4.78, 5) is 26.7. The lowest BCUT2D eigenvalue weighted by molar-refractivity contribution is -0.259. The molecule has 3 N–H and O–H groups in total. The molecule has 4 saturated carbocycles. The van der Waals surface area contributed by atoms with Crippen LogP contribution in [0.3, 0.4) is 0 Å². The topological polar surface area (TPSA) is 104 Å². The summed E-state index contributed by atoms with van der Waals surface area (Å²) in [6.07, 6.45) is 1.38. The zero-order valence-corrected chi connectivity index (χ0v) is 15.6. The van der Waals surface area contributed by atoms with Crippen molar-refractivity contribution in [2.45, 2.75) is 70.2 Å². The SMILES string of the molecule is CC1(C)CCCC23C(=O)OC4(C(O)C(=O)C12)C1C(CO)C1(C)CCC34O. The van der Waals surface area contributed by atoms with Crippen LogP contribution in [0, 0.1) is 34.0 Å². The van der Waals surface area contributed by atoms with Crippen molar-refractivity contribution in [1.82, 2.24) is 0 Å². The second-order valence-electron chi connectivity index (χ2n) is 10.4. The highest BCUT2D eigenvalue weighted by Gasteiger charge is 2.93. The molecule has 0 aromatic heterocycles. The van der Waals surface area contributed by atoms with Gasteiger partial charge in [-0.15, -0.1) is 0 Å². The maximum absolute atomic E-state index is 13.4. The minimum absolute atomic E-state index is 0.0978. The van der Waals surface area contributed by atoms with Crippen LogP contribution >= 0.6 is 0 Å². The van der Waals surface area contributed by atoms with Gasteiger partial charge in [0.2, 0.25) is 0 Å². The van der Waals surface area contributed by atoms with Crippen LogP contribution in [-0.2, 0) is 14.3 Å². The van der Waals surface area contributed by atoms with E-state index in [2.05, 4.69) is 0 Å². The molecular formula is C20H28O6. The molecule has 5 fully saturated rings. The van der Waals surface area contributed by atoms with E-state index in [-0.39, 0.29) is 29.6 Å². The molecule has 2 bridgehead atoms. The Labute approximate surface area is 152 Å². The summed E-state index contributed by atoms with van der Waals surface area (Å²) in [5, 5.41) is 33.0. The Bertz CT molecular complexity index is 732. The van der Waals surface area contributed by atoms with E-state index in [9.17, 15) is 24.9 Å². The van der Waals surface area contributed by atoms with Crippen LogP contribution in [0.1, 0.15) is 52.9 Å². The molecule has 4 aliphatic carbocycles. The Morgan fingerprint density at radius 2 is 1.81 bits per heavy atom. The highest BCUT2D eigenvalue weighted by atomic mass is 16.6. The van der Waals surface area contributed by atoms with E-state index < -0.39 is 40.0 Å². The van der Waals surface area contributed by atoms with E-state index in [1.807, 2.05) is 20.8 Å². The summed E-state index contributed by atoms with van der Waals surface area (Å²) in [6.45, 7) is 5.80. The number of esters is 1. The molecule has 0 aromatic carbocycles. The fourth-order valence-corrected chi connectivity index (χ4v) is 8.03. The van der Waals surface area contributed by atoms with Crippen LogP contribution in [0.25, 0.3) is 0 Å². The summed E-state index contributed by atoms with van der Waals surface area (Å²) >= 11 is 0. The van der Waals surface area contributed by atoms with E-state index in [0.29, 0.717) is 19.3 Å². The second-order valence-corrected chi connectivity index (χ2v) is 10.4. The lowest BCUT2D eigenvalue weighted by Gasteiger charge is -2.61. The van der Waals surface area contributed by atoms with Gasteiger partial charge in [-0.1, -0.05) is 27.2 Å². The first-order chi connectivity index (χ1) is 12.0. The molecule has 0 radical (unpaired) electrons. The summed E-state index contributed by atoms with van der Waals surface area (Å²) in [6, 6.07) is 0. The third kappa shape index (κ3) is 1.35. The van der Waals surface area contributed by atoms with Crippen molar-refractivity contribution in [3.05, 3.63) is 0 Å². The van der Waals surface area contributed by atoms with Gasteiger partial charge in [-0.3, -0.25) is 9.59 Å². The molecule has 1 spiro atoms. The van der Waals surface area contributed by atoms with Crippen molar-refractivity contribution in [2.24, 2.45) is 34.0 Å². The minimum Gasteiger partial charge on any atom is -0.452 e. The highest BCUT2D eigenvalue weighted by Crippen LogP contribution is 2.80. The number of Topliss-reactive ketones (excluding diaryl/α,β-unsaturated/α-hetero) is 1. The molecule has 5 rings (SSSR count). The Balaban J connectivity index is 1.78. The first kappa shape index (κ1) is 17.1. The van der Waals surface area contributed by atoms with Gasteiger partial charge in [0.1, 0.15) is 11.0 Å². The summed E-state index contributed by atoms with van der Waals surface area (Å²) in [5.74, 6) is -2.17. The van der Waals surface area contributed by atoms with Crippen molar-refractivity contribution in [1.29, 1.82) is 0 Å². The number of carbonyl (C=O) groups excluding carboxylic acids is 2. The summed E-state index contributed by atoms with van der Waals surface area (Å²) in [5.41, 5.74) is -5.23. The maximum Gasteiger partial charge on any atom is 0.316 e. The molecule has 8 atom stereocenters. The monoisotopic (exact) mass is 364 g/mol. The van der Waals surface area contributed by atoms with E-state index in [1.54, 1.807) is 0 Å². The Morgan fingerprint density at radius 1 is 1.12 bits per heavy atom. The first-order valence-electron chi connectivity index (χ1n) is 9.83. The quantitative estimate of drug-likeness (QED) is 0.595. The molecule has 1 aliphatic heterocycles. The molecule has 5 aliphatic rings. The minimum atomic E-state index is -1.61. The van der Waals surface area contributed by atoms with Crippen molar-refractivity contribution >= 4 is 11.8 Å². The third-order valence-corrected chi connectivity index (χ3v) is 9.17. The van der Waals surface area contributed by atoms with Crippen molar-refractivity contribution < 1.29 is 29.6 Å². The number of aliphatic hydroxyl groups is 3. The van der Waals surface area contributed by atoms with Crippen LogP contribution in [0.4, 0.5) is 0 Å². The van der Waals surface area contributed by atoms with Crippen molar-refractivity contribution in [3.8, 4) is 0 Å². The van der Waals surface area contributed by atoms with Gasteiger partial charge >= 0.3 is 5.97 Å². The fourth-order valence-electron chi connectivity index (χ4n) is 8.03. The molecule has 0 amide bonds. The number of hydrogen-bond donors (Lipinski definition) is 3. The fraction of sp³-hybridized carbons (Fsp3) is 0.900. The van der Waals surface area contributed by atoms with Crippen LogP contribution in [0.2, 0.25) is 0 Å². The highest BCUT2D eigenvalue weighted by molar-refractivity contribution is 6.00. The number of rotatable bonds is 1. The van der Waals surface area contributed by atoms with Crippen LogP contribution < -0.4 is 0 Å². The van der Waals surface area contributed by atoms with Crippen LogP contribution in [0.5, 0.6) is 0 Å². The van der Waals surface area contributed by atoms with Crippen LogP contribution in [-0.4, -0.2) is 51.0 Å². The molecule has 6 heteroatoms. The number of hydrogen-bond acceptors (Lipinski definition) is 6. The molecular weight excluding hydrogens is 336 g/mol. The van der Waals surface area contributed by atoms with Crippen molar-refractivity contribution in [3.63, 3.8) is 0 Å². The van der Waals surface area contributed by atoms with E-state index in [4.69, 9.17) is 4.74 Å². The van der Waals surface area contributed by atoms with Gasteiger partial charge in [0, 0.05) is 18.4 Å². The molecule has 8 unspecified atom stereocenters. The van der Waals surface area contributed by atoms with Gasteiger partial charge in [0.15, 0.2) is 17.5 Å². The van der Waals surface area contributed by atoms with Gasteiger partial charge in [-0.25, -0.2) is 0 Å². The zero-order chi connectivity index (χ0) is 18.9. The average molecular weight is 364 g/mol. The lowest BCUT2D eigenvalue weighted by atomic mass is 9.41. The molecule has 1 saturated heterocycles. The number of ketones is 1. The predicted molar refractivity (Wildman–Crippen MR) is 89.7 cm³/mol. The van der Waals surface area contributed by atoms with Gasteiger partial charge in [-0.05, 0) is 42.4 Å². The third-order valence-electron chi connectivity index (χ3n) is 9.17. The summed E-state index contributed by atoms with van der Waals surface area (Å²) in [7, 11) is 0. The largest absolute Gasteiger partial charge is 0.452 e. The Hall–Kier alpha value is -0.980. The van der Waals surface area contributed by atoms with Crippen LogP contribution in [0.15, 0.2) is 0 Å². The smallest absolute Gasteiger partial charge is 0.316 e. The zero-order valence-electron chi connectivity index (χ0n) is 15.6. The number of aliphatic hydroxyl groups excluding tert-OH is 2. The maximum atomic E-state index is 13.4. The van der Waals surface area contributed by atoms with Gasteiger partial charge < -0.3 is 20.1 Å². The number of carbonyl (C=O) groups is 2. The van der Waals surface area contributed by atoms with E-state index in [0.717, 1.165) is 12.8 Å². The Kier molecular flexibility index (Phi) is 2.88. The van der Waals surface area contributed by atoms with E-state index in [1.165, 1.54) is 0 Å². The molecule has 144 valence electrons. The standard InChI is InChI=1S/C20H28O6/c1-16(2)5-4-6-18-13(16)11(22)14(23)20(26-15(18)24)12-10(9-21)17(12,3)7-8-19(18,20)25/h10,12-14,21,23,25H,4-9H2,1-3H3. The molecule has 6 nitrogen and oxygen atoms in total. The van der Waals surface area contributed by atoms with Gasteiger partial charge in [0.25, 0.3) is 0 Å². The summed E-state index contributed by atoms with van der Waals surface area (Å²) < 4.78 is 5.90. The molecule has 1 heterocycles. The number of ether oxygens (including phenoxy) is 1. The van der Waals surface area contributed by atoms with Gasteiger partial charge in [-0.2, -0.15) is 0 Å². The first-order valence-corrected chi connectivity index (χ1v) is 9.83. The molecule has 26 heavy (non-hydrogen) atoms. The van der Waals surface area contributed by atoms with Crippen molar-refractivity contribution in [2.75, 3.05) is 6.61 Å². The number of fused-ring (bicyclic) bond motifs is 1. The second kappa shape index (κ2) is 4.36. The average Bonchev–Trinajstić information content (AvgIpc) is 3.15.